The smallest absolute Gasteiger partial charge is 0.264 e. The number of benzene rings is 2. The molecule has 6 heteroatoms. The molecule has 2 aromatic heterocycles. The molecular formula is C27H30N4OS. The SMILES string of the molecule is Cc1cccc(-n2nc(C)c3cc(C(=O)N4CCN(Cc5ccc(C)cc5C)CC4)sc32)c1. The highest BCUT2D eigenvalue weighted by molar-refractivity contribution is 7.20. The van der Waals surface area contributed by atoms with Gasteiger partial charge in [0.25, 0.3) is 5.91 Å². The molecule has 33 heavy (non-hydrogen) atoms. The van der Waals surface area contributed by atoms with E-state index < -0.39 is 0 Å². The van der Waals surface area contributed by atoms with E-state index in [1.807, 2.05) is 28.6 Å². The molecule has 5 nitrogen and oxygen atoms in total. The molecular weight excluding hydrogens is 428 g/mol. The van der Waals surface area contributed by atoms with Crippen LogP contribution in [0.15, 0.2) is 48.5 Å². The van der Waals surface area contributed by atoms with Gasteiger partial charge >= 0.3 is 0 Å². The van der Waals surface area contributed by atoms with Crippen molar-refractivity contribution >= 4 is 27.5 Å². The topological polar surface area (TPSA) is 41.4 Å². The van der Waals surface area contributed by atoms with Crippen molar-refractivity contribution in [1.29, 1.82) is 0 Å². The largest absolute Gasteiger partial charge is 0.335 e. The summed E-state index contributed by atoms with van der Waals surface area (Å²) in [5.74, 6) is 0.137. The monoisotopic (exact) mass is 458 g/mol. The van der Waals surface area contributed by atoms with Gasteiger partial charge in [-0.15, -0.1) is 11.3 Å². The van der Waals surface area contributed by atoms with Crippen molar-refractivity contribution in [2.24, 2.45) is 0 Å². The lowest BCUT2D eigenvalue weighted by Gasteiger charge is -2.34. The van der Waals surface area contributed by atoms with Crippen molar-refractivity contribution in [3.63, 3.8) is 0 Å². The van der Waals surface area contributed by atoms with Crippen LogP contribution in [0.2, 0.25) is 0 Å². The first-order chi connectivity index (χ1) is 15.9. The molecule has 0 aliphatic carbocycles. The van der Waals surface area contributed by atoms with Crippen LogP contribution < -0.4 is 0 Å². The van der Waals surface area contributed by atoms with Gasteiger partial charge in [0.05, 0.1) is 16.3 Å². The van der Waals surface area contributed by atoms with Crippen LogP contribution in [0.1, 0.15) is 37.6 Å². The molecule has 5 rings (SSSR count). The molecule has 0 bridgehead atoms. The van der Waals surface area contributed by atoms with E-state index in [4.69, 9.17) is 5.10 Å². The van der Waals surface area contributed by atoms with Gasteiger partial charge in [-0.1, -0.05) is 35.9 Å². The molecule has 1 fully saturated rings. The zero-order valence-corrected chi connectivity index (χ0v) is 20.6. The van der Waals surface area contributed by atoms with Gasteiger partial charge in [-0.25, -0.2) is 4.68 Å². The molecule has 2 aromatic carbocycles. The molecule has 1 aliphatic rings. The maximum Gasteiger partial charge on any atom is 0.264 e. The first-order valence-electron chi connectivity index (χ1n) is 11.5. The molecule has 0 unspecified atom stereocenters. The lowest BCUT2D eigenvalue weighted by Crippen LogP contribution is -2.48. The fourth-order valence-corrected chi connectivity index (χ4v) is 5.77. The third-order valence-corrected chi connectivity index (χ3v) is 7.65. The van der Waals surface area contributed by atoms with Crippen molar-refractivity contribution in [3.05, 3.63) is 81.4 Å². The molecule has 1 aliphatic heterocycles. The standard InChI is InChI=1S/C27H30N4OS/c1-18-6-5-7-23(15-18)31-27-24(21(4)28-31)16-25(33-27)26(32)30-12-10-29(11-13-30)17-22-9-8-19(2)14-20(22)3/h5-9,14-16H,10-13,17H2,1-4H3. The van der Waals surface area contributed by atoms with Crippen LogP contribution in [0, 0.1) is 27.7 Å². The number of hydrogen-bond donors (Lipinski definition) is 0. The molecule has 1 amide bonds. The van der Waals surface area contributed by atoms with E-state index in [-0.39, 0.29) is 5.91 Å². The number of carbonyl (C=O) groups excluding carboxylic acids is 1. The van der Waals surface area contributed by atoms with E-state index in [2.05, 4.69) is 62.1 Å². The first kappa shape index (κ1) is 21.9. The quantitative estimate of drug-likeness (QED) is 0.418. The number of carbonyl (C=O) groups is 1. The molecule has 4 aromatic rings. The Hall–Kier alpha value is -2.96. The summed E-state index contributed by atoms with van der Waals surface area (Å²) in [6.07, 6.45) is 0. The van der Waals surface area contributed by atoms with Crippen molar-refractivity contribution in [1.82, 2.24) is 19.6 Å². The maximum atomic E-state index is 13.3. The van der Waals surface area contributed by atoms with Crippen molar-refractivity contribution in [2.75, 3.05) is 26.2 Å². The van der Waals surface area contributed by atoms with E-state index in [9.17, 15) is 4.79 Å². The molecule has 0 saturated carbocycles. The lowest BCUT2D eigenvalue weighted by molar-refractivity contribution is 0.0633. The van der Waals surface area contributed by atoms with Gasteiger partial charge in [0.1, 0.15) is 4.83 Å². The Bertz CT molecular complexity index is 1330. The highest BCUT2D eigenvalue weighted by Crippen LogP contribution is 2.31. The Morgan fingerprint density at radius 3 is 2.42 bits per heavy atom. The highest BCUT2D eigenvalue weighted by atomic mass is 32.1. The van der Waals surface area contributed by atoms with Crippen LogP contribution in [0.25, 0.3) is 15.9 Å². The normalized spacial score (nSPS) is 14.8. The minimum atomic E-state index is 0.137. The summed E-state index contributed by atoms with van der Waals surface area (Å²) in [4.78, 5) is 19.6. The van der Waals surface area contributed by atoms with Gasteiger partial charge in [0.2, 0.25) is 0 Å². The van der Waals surface area contributed by atoms with Gasteiger partial charge in [-0.2, -0.15) is 5.10 Å². The molecule has 0 atom stereocenters. The summed E-state index contributed by atoms with van der Waals surface area (Å²) in [6.45, 7) is 12.7. The number of aromatic nitrogens is 2. The second kappa shape index (κ2) is 8.76. The average Bonchev–Trinajstić information content (AvgIpc) is 3.36. The molecule has 170 valence electrons. The van der Waals surface area contributed by atoms with Crippen LogP contribution in [-0.4, -0.2) is 51.7 Å². The van der Waals surface area contributed by atoms with Crippen LogP contribution in [0.4, 0.5) is 0 Å². The van der Waals surface area contributed by atoms with Crippen LogP contribution >= 0.6 is 11.3 Å². The van der Waals surface area contributed by atoms with Gasteiger partial charge in [-0.3, -0.25) is 9.69 Å². The zero-order chi connectivity index (χ0) is 23.1. The lowest BCUT2D eigenvalue weighted by atomic mass is 10.1. The van der Waals surface area contributed by atoms with E-state index >= 15 is 0 Å². The number of nitrogens with zero attached hydrogens (tertiary/aromatic N) is 4. The van der Waals surface area contributed by atoms with Crippen LogP contribution in [-0.2, 0) is 6.54 Å². The predicted molar refractivity (Wildman–Crippen MR) is 136 cm³/mol. The summed E-state index contributed by atoms with van der Waals surface area (Å²) in [7, 11) is 0. The van der Waals surface area contributed by atoms with Crippen LogP contribution in [0.3, 0.4) is 0 Å². The third kappa shape index (κ3) is 4.33. The number of rotatable bonds is 4. The Morgan fingerprint density at radius 2 is 1.70 bits per heavy atom. The Balaban J connectivity index is 1.30. The Labute approximate surface area is 199 Å². The average molecular weight is 459 g/mol. The molecule has 0 N–H and O–H groups in total. The number of fused-ring (bicyclic) bond motifs is 1. The van der Waals surface area contributed by atoms with E-state index in [1.54, 1.807) is 11.3 Å². The second-order valence-electron chi connectivity index (χ2n) is 9.16. The predicted octanol–water partition coefficient (Wildman–Crippen LogP) is 5.28. The number of piperazine rings is 1. The summed E-state index contributed by atoms with van der Waals surface area (Å²) >= 11 is 1.55. The summed E-state index contributed by atoms with van der Waals surface area (Å²) in [6, 6.07) is 17.0. The summed E-state index contributed by atoms with van der Waals surface area (Å²) in [5, 5.41) is 5.80. The minimum Gasteiger partial charge on any atom is -0.335 e. The van der Waals surface area contributed by atoms with E-state index in [0.717, 1.165) is 59.2 Å². The van der Waals surface area contributed by atoms with E-state index in [1.165, 1.54) is 22.3 Å². The second-order valence-corrected chi connectivity index (χ2v) is 10.2. The molecule has 0 radical (unpaired) electrons. The van der Waals surface area contributed by atoms with Gasteiger partial charge in [-0.05, 0) is 62.6 Å². The fourth-order valence-electron chi connectivity index (χ4n) is 4.62. The van der Waals surface area contributed by atoms with Gasteiger partial charge in [0.15, 0.2) is 0 Å². The molecule has 1 saturated heterocycles. The van der Waals surface area contributed by atoms with Gasteiger partial charge in [0, 0.05) is 38.1 Å². The fraction of sp³-hybridized carbons (Fsp3) is 0.333. The zero-order valence-electron chi connectivity index (χ0n) is 19.8. The number of aryl methyl sites for hydroxylation is 4. The first-order valence-corrected chi connectivity index (χ1v) is 12.3. The minimum absolute atomic E-state index is 0.137. The Morgan fingerprint density at radius 1 is 0.939 bits per heavy atom. The Kier molecular flexibility index (Phi) is 5.81. The van der Waals surface area contributed by atoms with Crippen molar-refractivity contribution in [2.45, 2.75) is 34.2 Å². The number of amides is 1. The highest BCUT2D eigenvalue weighted by Gasteiger charge is 2.25. The summed E-state index contributed by atoms with van der Waals surface area (Å²) < 4.78 is 1.97. The van der Waals surface area contributed by atoms with Crippen molar-refractivity contribution < 1.29 is 4.79 Å². The van der Waals surface area contributed by atoms with Crippen LogP contribution in [0.5, 0.6) is 0 Å². The number of hydrogen-bond acceptors (Lipinski definition) is 4. The maximum absolute atomic E-state index is 13.3. The summed E-state index contributed by atoms with van der Waals surface area (Å²) in [5.41, 5.74) is 7.21. The number of thiophene rings is 1. The molecule has 3 heterocycles. The van der Waals surface area contributed by atoms with E-state index in [0.29, 0.717) is 0 Å². The van der Waals surface area contributed by atoms with Crippen molar-refractivity contribution in [3.8, 4) is 5.69 Å². The van der Waals surface area contributed by atoms with Gasteiger partial charge < -0.3 is 4.90 Å². The molecule has 0 spiro atoms. The third-order valence-electron chi connectivity index (χ3n) is 6.55.